The molecule has 0 fully saturated rings. The highest BCUT2D eigenvalue weighted by Gasteiger charge is 1.97. The van der Waals surface area contributed by atoms with Gasteiger partial charge in [-0.25, -0.2) is 0 Å². The van der Waals surface area contributed by atoms with Crippen LogP contribution in [-0.2, 0) is 0 Å². The molecular formula is C8H8N2O4-2. The molecule has 0 bridgehead atoms. The summed E-state index contributed by atoms with van der Waals surface area (Å²) in [6, 6.07) is 0. The van der Waals surface area contributed by atoms with Crippen LogP contribution in [0.4, 0.5) is 0 Å². The SMILES string of the molecule is CC.O=C([O-])c1cnc(C(=O)[O-])cn1. The van der Waals surface area contributed by atoms with E-state index >= 15 is 0 Å². The number of rotatable bonds is 2. The standard InChI is InChI=1S/C6H4N2O4.C2H6/c9-5(10)3-1-7-4(2-8-3)6(11)12;1-2/h1-2H,(H,9,10)(H,11,12);1-2H3/p-2. The number of hydrogen-bond acceptors (Lipinski definition) is 6. The summed E-state index contributed by atoms with van der Waals surface area (Å²) < 4.78 is 0. The summed E-state index contributed by atoms with van der Waals surface area (Å²) in [5.41, 5.74) is -0.833. The third-order valence-corrected chi connectivity index (χ3v) is 1.07. The van der Waals surface area contributed by atoms with Crippen LogP contribution in [0.2, 0.25) is 0 Å². The Hall–Kier alpha value is -1.98. The van der Waals surface area contributed by atoms with Crippen molar-refractivity contribution >= 4 is 11.9 Å². The molecule has 14 heavy (non-hydrogen) atoms. The van der Waals surface area contributed by atoms with Gasteiger partial charge in [-0.05, 0) is 0 Å². The first-order chi connectivity index (χ1) is 6.61. The van der Waals surface area contributed by atoms with Crippen LogP contribution >= 0.6 is 0 Å². The predicted molar refractivity (Wildman–Crippen MR) is 42.0 cm³/mol. The van der Waals surface area contributed by atoms with Crippen LogP contribution in [0.15, 0.2) is 12.4 Å². The average Bonchev–Trinajstić information content (AvgIpc) is 2.21. The summed E-state index contributed by atoms with van der Waals surface area (Å²) in [7, 11) is 0. The van der Waals surface area contributed by atoms with Crippen LogP contribution in [0.3, 0.4) is 0 Å². The fraction of sp³-hybridized carbons (Fsp3) is 0.250. The first-order valence-corrected chi connectivity index (χ1v) is 3.86. The predicted octanol–water partition coefficient (Wildman–Crippen LogP) is -1.77. The Labute approximate surface area is 80.2 Å². The Morgan fingerprint density at radius 1 is 1.00 bits per heavy atom. The highest BCUT2D eigenvalue weighted by molar-refractivity contribution is 5.85. The molecule has 1 heterocycles. The second-order valence-corrected chi connectivity index (χ2v) is 1.86. The maximum atomic E-state index is 10.1. The third kappa shape index (κ3) is 3.18. The van der Waals surface area contributed by atoms with Crippen molar-refractivity contribution in [2.24, 2.45) is 0 Å². The molecule has 0 saturated heterocycles. The normalized spacial score (nSPS) is 8.43. The van der Waals surface area contributed by atoms with Crippen LogP contribution in [0.25, 0.3) is 0 Å². The maximum absolute atomic E-state index is 10.1. The minimum Gasteiger partial charge on any atom is -0.543 e. The molecule has 0 spiro atoms. The molecular weight excluding hydrogens is 188 g/mol. The summed E-state index contributed by atoms with van der Waals surface area (Å²) in [4.78, 5) is 26.7. The van der Waals surface area contributed by atoms with E-state index in [9.17, 15) is 19.8 Å². The number of carbonyl (C=O) groups is 2. The van der Waals surface area contributed by atoms with Gasteiger partial charge in [0.25, 0.3) is 0 Å². The van der Waals surface area contributed by atoms with Crippen molar-refractivity contribution in [2.75, 3.05) is 0 Å². The highest BCUT2D eigenvalue weighted by atomic mass is 16.4. The molecule has 0 aromatic carbocycles. The maximum Gasteiger partial charge on any atom is 0.104 e. The molecule has 0 N–H and O–H groups in total. The van der Waals surface area contributed by atoms with Gasteiger partial charge in [-0.1, -0.05) is 13.8 Å². The van der Waals surface area contributed by atoms with Gasteiger partial charge in [0.05, 0.1) is 24.3 Å². The molecule has 1 aromatic heterocycles. The Morgan fingerprint density at radius 3 is 1.43 bits per heavy atom. The lowest BCUT2D eigenvalue weighted by Crippen LogP contribution is -2.26. The van der Waals surface area contributed by atoms with Crippen LogP contribution in [0.1, 0.15) is 34.8 Å². The second kappa shape index (κ2) is 5.63. The molecule has 0 aliphatic heterocycles. The van der Waals surface area contributed by atoms with Crippen molar-refractivity contribution in [1.29, 1.82) is 0 Å². The van der Waals surface area contributed by atoms with Crippen LogP contribution in [0.5, 0.6) is 0 Å². The fourth-order valence-electron chi connectivity index (χ4n) is 0.539. The van der Waals surface area contributed by atoms with Crippen molar-refractivity contribution in [2.45, 2.75) is 13.8 Å². The monoisotopic (exact) mass is 196 g/mol. The number of aromatic carboxylic acids is 2. The van der Waals surface area contributed by atoms with E-state index in [1.807, 2.05) is 13.8 Å². The largest absolute Gasteiger partial charge is 0.543 e. The molecule has 0 atom stereocenters. The van der Waals surface area contributed by atoms with Gasteiger partial charge >= 0.3 is 0 Å². The molecule has 0 radical (unpaired) electrons. The van der Waals surface area contributed by atoms with E-state index in [4.69, 9.17) is 0 Å². The van der Waals surface area contributed by atoms with Gasteiger partial charge in [-0.15, -0.1) is 0 Å². The molecule has 0 aliphatic carbocycles. The topological polar surface area (TPSA) is 106 Å². The first-order valence-electron chi connectivity index (χ1n) is 3.86. The van der Waals surface area contributed by atoms with Crippen molar-refractivity contribution in [3.63, 3.8) is 0 Å². The number of hydrogen-bond donors (Lipinski definition) is 0. The Balaban J connectivity index is 0.000000791. The zero-order valence-electron chi connectivity index (χ0n) is 7.68. The van der Waals surface area contributed by atoms with Crippen molar-refractivity contribution < 1.29 is 19.8 Å². The minimum atomic E-state index is -1.51. The fourth-order valence-corrected chi connectivity index (χ4v) is 0.539. The zero-order chi connectivity index (χ0) is 11.1. The summed E-state index contributed by atoms with van der Waals surface area (Å²) >= 11 is 0. The van der Waals surface area contributed by atoms with Crippen molar-refractivity contribution in [3.05, 3.63) is 23.8 Å². The Bertz CT molecular complexity index is 288. The summed E-state index contributed by atoms with van der Waals surface area (Å²) in [6.45, 7) is 4.00. The number of nitrogens with zero attached hydrogens (tertiary/aromatic N) is 2. The third-order valence-electron chi connectivity index (χ3n) is 1.07. The molecule has 6 nitrogen and oxygen atoms in total. The van der Waals surface area contributed by atoms with E-state index in [1.54, 1.807) is 0 Å². The van der Waals surface area contributed by atoms with Crippen molar-refractivity contribution in [1.82, 2.24) is 9.97 Å². The minimum absolute atomic E-state index is 0.417. The van der Waals surface area contributed by atoms with Crippen LogP contribution < -0.4 is 10.2 Å². The number of aromatic nitrogens is 2. The number of carbonyl (C=O) groups excluding carboxylic acids is 2. The zero-order valence-corrected chi connectivity index (χ0v) is 7.68. The molecule has 1 aromatic rings. The summed E-state index contributed by atoms with van der Waals surface area (Å²) in [6.07, 6.45) is 1.58. The molecule has 76 valence electrons. The second-order valence-electron chi connectivity index (χ2n) is 1.86. The van der Waals surface area contributed by atoms with Gasteiger partial charge in [-0.2, -0.15) is 0 Å². The number of carboxylic acids is 2. The van der Waals surface area contributed by atoms with E-state index in [0.717, 1.165) is 12.4 Å². The lowest BCUT2D eigenvalue weighted by Gasteiger charge is -2.02. The molecule has 1 rings (SSSR count). The van der Waals surface area contributed by atoms with Gasteiger partial charge in [-0.3, -0.25) is 9.97 Å². The lowest BCUT2D eigenvalue weighted by molar-refractivity contribution is -0.257. The lowest BCUT2D eigenvalue weighted by atomic mass is 10.4. The molecule has 0 amide bonds. The quantitative estimate of drug-likeness (QED) is 0.554. The molecule has 0 saturated carbocycles. The molecule has 6 heteroatoms. The smallest absolute Gasteiger partial charge is 0.104 e. The van der Waals surface area contributed by atoms with Gasteiger partial charge in [0.2, 0.25) is 0 Å². The summed E-state index contributed by atoms with van der Waals surface area (Å²) in [5, 5.41) is 20.2. The molecule has 0 unspecified atom stereocenters. The first kappa shape index (κ1) is 12.0. The highest BCUT2D eigenvalue weighted by Crippen LogP contribution is 1.92. The van der Waals surface area contributed by atoms with E-state index in [0.29, 0.717) is 0 Å². The van der Waals surface area contributed by atoms with Crippen molar-refractivity contribution in [3.8, 4) is 0 Å². The van der Waals surface area contributed by atoms with E-state index in [-0.39, 0.29) is 0 Å². The number of carboxylic acid groups (broad SMARTS) is 2. The van der Waals surface area contributed by atoms with Gasteiger partial charge in [0, 0.05) is 0 Å². The van der Waals surface area contributed by atoms with E-state index < -0.39 is 23.3 Å². The van der Waals surface area contributed by atoms with Crippen LogP contribution in [0, 0.1) is 0 Å². The van der Waals surface area contributed by atoms with Gasteiger partial charge in [0.15, 0.2) is 0 Å². The molecule has 0 aliphatic rings. The van der Waals surface area contributed by atoms with E-state index in [1.165, 1.54) is 0 Å². The van der Waals surface area contributed by atoms with Gasteiger partial charge < -0.3 is 19.8 Å². The summed E-state index contributed by atoms with van der Waals surface area (Å²) in [5.74, 6) is -3.01. The van der Waals surface area contributed by atoms with Crippen LogP contribution in [-0.4, -0.2) is 21.9 Å². The van der Waals surface area contributed by atoms with E-state index in [2.05, 4.69) is 9.97 Å². The Morgan fingerprint density at radius 2 is 1.29 bits per heavy atom. The Kier molecular flexibility index (Phi) is 4.83. The van der Waals surface area contributed by atoms with Gasteiger partial charge in [0.1, 0.15) is 11.4 Å². The average molecular weight is 196 g/mol.